The van der Waals surface area contributed by atoms with Crippen molar-refractivity contribution in [2.75, 3.05) is 0 Å². The van der Waals surface area contributed by atoms with Crippen LogP contribution >= 0.6 is 0 Å². The quantitative estimate of drug-likeness (QED) is 0.782. The fourth-order valence-electron chi connectivity index (χ4n) is 3.81. The molecule has 0 bridgehead atoms. The minimum absolute atomic E-state index is 0.121. The van der Waals surface area contributed by atoms with Crippen LogP contribution in [-0.4, -0.2) is 26.5 Å². The number of carbonyl (C=O) groups excluding carboxylic acids is 1. The highest BCUT2D eigenvalue weighted by atomic mass is 16.1. The van der Waals surface area contributed by atoms with Gasteiger partial charge in [0.25, 0.3) is 0 Å². The largest absolute Gasteiger partial charge is 0.353 e. The zero-order valence-electron chi connectivity index (χ0n) is 15.1. The molecular weight excluding hydrogens is 324 g/mol. The first-order valence-corrected chi connectivity index (χ1v) is 9.39. The van der Waals surface area contributed by atoms with Gasteiger partial charge in [0, 0.05) is 17.9 Å². The van der Waals surface area contributed by atoms with Gasteiger partial charge in [-0.1, -0.05) is 31.4 Å². The molecule has 1 amide bonds. The Labute approximate surface area is 153 Å². The molecular formula is C21H24N4O. The number of pyridine rings is 1. The number of aromatic nitrogens is 3. The molecule has 0 saturated heterocycles. The van der Waals surface area contributed by atoms with Crippen LogP contribution in [0.2, 0.25) is 0 Å². The van der Waals surface area contributed by atoms with E-state index in [1.807, 2.05) is 47.9 Å². The third kappa shape index (κ3) is 3.47. The Morgan fingerprint density at radius 2 is 1.92 bits per heavy atom. The monoisotopic (exact) mass is 348 g/mol. The van der Waals surface area contributed by atoms with Gasteiger partial charge in [0.05, 0.1) is 6.42 Å². The molecule has 1 aliphatic rings. The fourth-order valence-corrected chi connectivity index (χ4v) is 3.81. The lowest BCUT2D eigenvalue weighted by Crippen LogP contribution is -2.37. The third-order valence-electron chi connectivity index (χ3n) is 5.11. The molecule has 2 heterocycles. The number of aryl methyl sites for hydroxylation is 1. The van der Waals surface area contributed by atoms with Crippen LogP contribution in [0.5, 0.6) is 0 Å². The maximum atomic E-state index is 12.3. The number of hydrogen-bond donors (Lipinski definition) is 1. The molecule has 4 rings (SSSR count). The smallest absolute Gasteiger partial charge is 0.224 e. The maximum Gasteiger partial charge on any atom is 0.224 e. The van der Waals surface area contributed by atoms with Crippen molar-refractivity contribution in [3.05, 3.63) is 54.0 Å². The van der Waals surface area contributed by atoms with Crippen molar-refractivity contribution < 1.29 is 4.79 Å². The summed E-state index contributed by atoms with van der Waals surface area (Å²) >= 11 is 0. The molecule has 1 aliphatic carbocycles. The molecule has 0 unspecified atom stereocenters. The lowest BCUT2D eigenvalue weighted by atomic mass is 9.95. The first-order chi connectivity index (χ1) is 12.7. The van der Waals surface area contributed by atoms with E-state index in [1.54, 1.807) is 6.20 Å². The Hall–Kier alpha value is -2.69. The Bertz CT molecular complexity index is 907. The van der Waals surface area contributed by atoms with Gasteiger partial charge >= 0.3 is 0 Å². The van der Waals surface area contributed by atoms with Gasteiger partial charge in [-0.25, -0.2) is 9.97 Å². The van der Waals surface area contributed by atoms with E-state index in [0.29, 0.717) is 12.5 Å². The molecule has 1 saturated carbocycles. The minimum Gasteiger partial charge on any atom is -0.353 e. The van der Waals surface area contributed by atoms with E-state index >= 15 is 0 Å². The van der Waals surface area contributed by atoms with Crippen molar-refractivity contribution in [1.82, 2.24) is 19.9 Å². The van der Waals surface area contributed by atoms with Crippen molar-refractivity contribution in [3.8, 4) is 5.69 Å². The van der Waals surface area contributed by atoms with Crippen LogP contribution in [0.25, 0.3) is 16.9 Å². The van der Waals surface area contributed by atoms with Crippen molar-refractivity contribution in [1.29, 1.82) is 0 Å². The van der Waals surface area contributed by atoms with Crippen LogP contribution in [0.4, 0.5) is 0 Å². The number of carbonyl (C=O) groups is 1. The van der Waals surface area contributed by atoms with Crippen LogP contribution in [0.3, 0.4) is 0 Å². The van der Waals surface area contributed by atoms with Gasteiger partial charge in [-0.3, -0.25) is 9.36 Å². The van der Waals surface area contributed by atoms with E-state index in [-0.39, 0.29) is 5.91 Å². The molecule has 26 heavy (non-hydrogen) atoms. The summed E-state index contributed by atoms with van der Waals surface area (Å²) in [5, 5.41) is 3.18. The van der Waals surface area contributed by atoms with Gasteiger partial charge < -0.3 is 5.32 Å². The third-order valence-corrected chi connectivity index (χ3v) is 5.11. The van der Waals surface area contributed by atoms with E-state index in [2.05, 4.69) is 15.3 Å². The molecule has 2 aromatic heterocycles. The summed E-state index contributed by atoms with van der Waals surface area (Å²) in [6.07, 6.45) is 8.20. The second kappa shape index (κ2) is 7.28. The van der Waals surface area contributed by atoms with Gasteiger partial charge in [-0.2, -0.15) is 0 Å². The number of benzene rings is 1. The fraction of sp³-hybridized carbons (Fsp3) is 0.381. The van der Waals surface area contributed by atoms with Gasteiger partial charge in [-0.05, 0) is 49.6 Å². The molecule has 5 nitrogen and oxygen atoms in total. The Balaban J connectivity index is 1.48. The lowest BCUT2D eigenvalue weighted by molar-refractivity contribution is -0.121. The van der Waals surface area contributed by atoms with Crippen molar-refractivity contribution in [2.45, 2.75) is 51.5 Å². The first kappa shape index (κ1) is 16.8. The summed E-state index contributed by atoms with van der Waals surface area (Å²) in [5.74, 6) is 1.03. The van der Waals surface area contributed by atoms with Crippen LogP contribution in [0.15, 0.2) is 42.6 Å². The van der Waals surface area contributed by atoms with Crippen molar-refractivity contribution in [3.63, 3.8) is 0 Å². The van der Waals surface area contributed by atoms with E-state index in [9.17, 15) is 4.79 Å². The van der Waals surface area contributed by atoms with E-state index in [1.165, 1.54) is 19.3 Å². The highest BCUT2D eigenvalue weighted by molar-refractivity contribution is 5.79. The molecule has 134 valence electrons. The van der Waals surface area contributed by atoms with Crippen molar-refractivity contribution >= 4 is 17.1 Å². The SMILES string of the molecule is Cc1nc2cccnc2n1-c1ccc(CC(=O)NC2CCCCC2)cc1. The molecule has 0 aliphatic heterocycles. The van der Waals surface area contributed by atoms with Crippen molar-refractivity contribution in [2.24, 2.45) is 0 Å². The Morgan fingerprint density at radius 3 is 2.69 bits per heavy atom. The number of amides is 1. The molecule has 0 atom stereocenters. The standard InChI is InChI=1S/C21H24N4O/c1-15-23-19-8-5-13-22-21(19)25(15)18-11-9-16(10-12-18)14-20(26)24-17-6-3-2-4-7-17/h5,8-13,17H,2-4,6-7,14H2,1H3,(H,24,26). The number of hydrogen-bond acceptors (Lipinski definition) is 3. The zero-order chi connectivity index (χ0) is 17.9. The number of nitrogens with zero attached hydrogens (tertiary/aromatic N) is 3. The molecule has 1 fully saturated rings. The summed E-state index contributed by atoms with van der Waals surface area (Å²) in [4.78, 5) is 21.3. The van der Waals surface area contributed by atoms with Gasteiger partial charge in [0.15, 0.2) is 5.65 Å². The second-order valence-corrected chi connectivity index (χ2v) is 7.09. The number of nitrogens with one attached hydrogen (secondary N) is 1. The second-order valence-electron chi connectivity index (χ2n) is 7.09. The summed E-state index contributed by atoms with van der Waals surface area (Å²) in [6, 6.07) is 12.3. The van der Waals surface area contributed by atoms with Crippen LogP contribution < -0.4 is 5.32 Å². The van der Waals surface area contributed by atoms with Gasteiger partial charge in [0.1, 0.15) is 11.3 Å². The summed E-state index contributed by atoms with van der Waals surface area (Å²) in [5.41, 5.74) is 3.78. The molecule has 0 radical (unpaired) electrons. The number of imidazole rings is 1. The number of fused-ring (bicyclic) bond motifs is 1. The predicted octanol–water partition coefficient (Wildman–Crippen LogP) is 3.72. The molecule has 5 heteroatoms. The first-order valence-electron chi connectivity index (χ1n) is 9.39. The van der Waals surface area contributed by atoms with Crippen LogP contribution in [-0.2, 0) is 11.2 Å². The van der Waals surface area contributed by atoms with E-state index < -0.39 is 0 Å². The highest BCUT2D eigenvalue weighted by Gasteiger charge is 2.16. The Kier molecular flexibility index (Phi) is 4.69. The molecule has 0 spiro atoms. The van der Waals surface area contributed by atoms with Crippen LogP contribution in [0.1, 0.15) is 43.5 Å². The van der Waals surface area contributed by atoms with Crippen LogP contribution in [0, 0.1) is 6.92 Å². The normalized spacial score (nSPS) is 15.3. The topological polar surface area (TPSA) is 59.8 Å². The average molecular weight is 348 g/mol. The molecule has 3 aromatic rings. The zero-order valence-corrected chi connectivity index (χ0v) is 15.1. The highest BCUT2D eigenvalue weighted by Crippen LogP contribution is 2.20. The maximum absolute atomic E-state index is 12.3. The van der Waals surface area contributed by atoms with E-state index in [4.69, 9.17) is 0 Å². The van der Waals surface area contributed by atoms with Gasteiger partial charge in [-0.15, -0.1) is 0 Å². The molecule has 1 aromatic carbocycles. The van der Waals surface area contributed by atoms with E-state index in [0.717, 1.165) is 41.1 Å². The molecule has 1 N–H and O–H groups in total. The summed E-state index contributed by atoms with van der Waals surface area (Å²) in [6.45, 7) is 1.98. The summed E-state index contributed by atoms with van der Waals surface area (Å²) in [7, 11) is 0. The number of rotatable bonds is 4. The van der Waals surface area contributed by atoms with Gasteiger partial charge in [0.2, 0.25) is 5.91 Å². The lowest BCUT2D eigenvalue weighted by Gasteiger charge is -2.22. The Morgan fingerprint density at radius 1 is 1.15 bits per heavy atom. The summed E-state index contributed by atoms with van der Waals surface area (Å²) < 4.78 is 2.04. The minimum atomic E-state index is 0.121. The average Bonchev–Trinajstić information content (AvgIpc) is 2.99. The predicted molar refractivity (Wildman–Crippen MR) is 102 cm³/mol.